The molecule has 2 aromatic carbocycles. The average molecular weight is 414 g/mol. The fraction of sp³-hybridized carbons (Fsp3) is 0.348. The lowest BCUT2D eigenvalue weighted by Gasteiger charge is -2.16. The number of benzene rings is 2. The third-order valence-electron chi connectivity index (χ3n) is 4.53. The molecule has 0 spiro atoms. The quantitative estimate of drug-likeness (QED) is 0.449. The summed E-state index contributed by atoms with van der Waals surface area (Å²) < 4.78 is 13.9. The van der Waals surface area contributed by atoms with Crippen molar-refractivity contribution >= 4 is 11.6 Å². The highest BCUT2D eigenvalue weighted by atomic mass is 35.5. The van der Waals surface area contributed by atoms with Gasteiger partial charge in [0.1, 0.15) is 6.61 Å². The Balaban J connectivity index is 1.57. The first-order valence-electron chi connectivity index (χ1n) is 9.95. The molecule has 0 aliphatic heterocycles. The van der Waals surface area contributed by atoms with E-state index >= 15 is 0 Å². The number of imidazole rings is 1. The van der Waals surface area contributed by atoms with Crippen LogP contribution in [-0.4, -0.2) is 22.7 Å². The summed E-state index contributed by atoms with van der Waals surface area (Å²) in [5.74, 6) is 1.28. The molecule has 1 N–H and O–H groups in total. The Kier molecular flexibility index (Phi) is 7.96. The second kappa shape index (κ2) is 10.9. The van der Waals surface area contributed by atoms with Gasteiger partial charge in [0.25, 0.3) is 0 Å². The van der Waals surface area contributed by atoms with Crippen molar-refractivity contribution in [3.8, 4) is 11.5 Å². The number of nitrogens with one attached hydrogen (secondary N) is 1. The number of hydrogen-bond acceptors (Lipinski definition) is 4. The van der Waals surface area contributed by atoms with E-state index in [1.54, 1.807) is 6.20 Å². The van der Waals surface area contributed by atoms with Crippen LogP contribution < -0.4 is 14.8 Å². The molecule has 0 aliphatic rings. The molecule has 1 aromatic heterocycles. The van der Waals surface area contributed by atoms with E-state index < -0.39 is 0 Å². The molecule has 0 unspecified atom stereocenters. The summed E-state index contributed by atoms with van der Waals surface area (Å²) in [5.41, 5.74) is 3.39. The SMILES string of the molecule is CCOc1cc(CNCCCn2ccnc2)cc(Cl)c1OCc1ccc(C)cc1. The Morgan fingerprint density at radius 1 is 1.10 bits per heavy atom. The largest absolute Gasteiger partial charge is 0.490 e. The van der Waals surface area contributed by atoms with Crippen molar-refractivity contribution in [1.29, 1.82) is 0 Å². The summed E-state index contributed by atoms with van der Waals surface area (Å²) in [6.07, 6.45) is 6.64. The van der Waals surface area contributed by atoms with Crippen LogP contribution in [0.3, 0.4) is 0 Å². The monoisotopic (exact) mass is 413 g/mol. The van der Waals surface area contributed by atoms with Crippen molar-refractivity contribution in [2.45, 2.75) is 40.0 Å². The zero-order chi connectivity index (χ0) is 20.5. The lowest BCUT2D eigenvalue weighted by atomic mass is 10.1. The summed E-state index contributed by atoms with van der Waals surface area (Å²) in [4.78, 5) is 4.05. The molecule has 1 heterocycles. The van der Waals surface area contributed by atoms with Crippen molar-refractivity contribution in [3.05, 3.63) is 76.8 Å². The van der Waals surface area contributed by atoms with Gasteiger partial charge in [-0.3, -0.25) is 0 Å². The smallest absolute Gasteiger partial charge is 0.180 e. The van der Waals surface area contributed by atoms with Crippen molar-refractivity contribution in [2.75, 3.05) is 13.2 Å². The van der Waals surface area contributed by atoms with Gasteiger partial charge < -0.3 is 19.4 Å². The van der Waals surface area contributed by atoms with Crippen LogP contribution in [0.15, 0.2) is 55.1 Å². The van der Waals surface area contributed by atoms with Crippen LogP contribution in [0.2, 0.25) is 5.02 Å². The van der Waals surface area contributed by atoms with E-state index in [-0.39, 0.29) is 0 Å². The maximum absolute atomic E-state index is 6.53. The summed E-state index contributed by atoms with van der Waals surface area (Å²) in [6.45, 7) is 7.61. The molecule has 6 heteroatoms. The van der Waals surface area contributed by atoms with E-state index in [9.17, 15) is 0 Å². The first-order valence-corrected chi connectivity index (χ1v) is 10.3. The Labute approximate surface area is 177 Å². The van der Waals surface area contributed by atoms with Gasteiger partial charge >= 0.3 is 0 Å². The molecule has 5 nitrogen and oxygen atoms in total. The fourth-order valence-electron chi connectivity index (χ4n) is 3.00. The predicted molar refractivity (Wildman–Crippen MR) is 117 cm³/mol. The average Bonchev–Trinajstić information content (AvgIpc) is 3.22. The van der Waals surface area contributed by atoms with Crippen LogP contribution >= 0.6 is 11.6 Å². The van der Waals surface area contributed by atoms with E-state index in [2.05, 4.69) is 46.1 Å². The molecule has 0 saturated heterocycles. The van der Waals surface area contributed by atoms with Gasteiger partial charge in [-0.15, -0.1) is 0 Å². The van der Waals surface area contributed by atoms with Crippen molar-refractivity contribution in [2.24, 2.45) is 0 Å². The van der Waals surface area contributed by atoms with E-state index in [1.807, 2.05) is 31.6 Å². The molecule has 0 radical (unpaired) electrons. The molecule has 0 aliphatic carbocycles. The third kappa shape index (κ3) is 6.51. The highest BCUT2D eigenvalue weighted by Gasteiger charge is 2.13. The van der Waals surface area contributed by atoms with Crippen LogP contribution in [0.4, 0.5) is 0 Å². The number of rotatable bonds is 11. The number of nitrogens with zero attached hydrogens (tertiary/aromatic N) is 2. The molecule has 3 aromatic rings. The number of hydrogen-bond donors (Lipinski definition) is 1. The normalized spacial score (nSPS) is 10.9. The van der Waals surface area contributed by atoms with Crippen LogP contribution in [0.1, 0.15) is 30.0 Å². The third-order valence-corrected chi connectivity index (χ3v) is 4.81. The first kappa shape index (κ1) is 21.2. The zero-order valence-corrected chi connectivity index (χ0v) is 17.8. The molecule has 0 fully saturated rings. The van der Waals surface area contributed by atoms with Gasteiger partial charge in [0.2, 0.25) is 0 Å². The number of halogens is 1. The van der Waals surface area contributed by atoms with Crippen molar-refractivity contribution in [3.63, 3.8) is 0 Å². The Bertz CT molecular complexity index is 880. The van der Waals surface area contributed by atoms with Gasteiger partial charge in [-0.2, -0.15) is 0 Å². The fourth-order valence-corrected chi connectivity index (χ4v) is 3.29. The second-order valence-corrected chi connectivity index (χ2v) is 7.35. The Morgan fingerprint density at radius 2 is 1.93 bits per heavy atom. The lowest BCUT2D eigenvalue weighted by molar-refractivity contribution is 0.269. The maximum Gasteiger partial charge on any atom is 0.180 e. The summed E-state index contributed by atoms with van der Waals surface area (Å²) in [7, 11) is 0. The summed E-state index contributed by atoms with van der Waals surface area (Å²) in [6, 6.07) is 12.2. The Morgan fingerprint density at radius 3 is 2.66 bits per heavy atom. The summed E-state index contributed by atoms with van der Waals surface area (Å²) >= 11 is 6.53. The molecule has 0 amide bonds. The van der Waals surface area contributed by atoms with Crippen LogP contribution in [0.25, 0.3) is 0 Å². The van der Waals surface area contributed by atoms with Crippen LogP contribution in [-0.2, 0) is 19.7 Å². The standard InChI is InChI=1S/C23H28ClN3O2/c1-3-28-22-14-20(15-25-9-4-11-27-12-10-26-17-27)13-21(24)23(22)29-16-19-7-5-18(2)6-8-19/h5-8,10,12-14,17,25H,3-4,9,11,15-16H2,1-2H3. The van der Waals surface area contributed by atoms with Crippen LogP contribution in [0.5, 0.6) is 11.5 Å². The highest BCUT2D eigenvalue weighted by Crippen LogP contribution is 2.37. The molecule has 0 bridgehead atoms. The molecular formula is C23H28ClN3O2. The van der Waals surface area contributed by atoms with Crippen molar-refractivity contribution in [1.82, 2.24) is 14.9 Å². The number of aryl methyl sites for hydroxylation is 2. The molecule has 3 rings (SSSR count). The molecule has 154 valence electrons. The minimum atomic E-state index is 0.450. The first-order chi connectivity index (χ1) is 14.2. The number of ether oxygens (including phenoxy) is 2. The topological polar surface area (TPSA) is 48.3 Å². The molecule has 0 saturated carbocycles. The minimum Gasteiger partial charge on any atom is -0.490 e. The zero-order valence-electron chi connectivity index (χ0n) is 17.0. The predicted octanol–water partition coefficient (Wildman–Crippen LogP) is 5.00. The maximum atomic E-state index is 6.53. The minimum absolute atomic E-state index is 0.450. The van der Waals surface area contributed by atoms with Gasteiger partial charge in [-0.25, -0.2) is 4.98 Å². The van der Waals surface area contributed by atoms with Crippen molar-refractivity contribution < 1.29 is 9.47 Å². The van der Waals surface area contributed by atoms with Crippen LogP contribution in [0, 0.1) is 6.92 Å². The molecule has 0 atom stereocenters. The van der Waals surface area contributed by atoms with E-state index in [4.69, 9.17) is 21.1 Å². The second-order valence-electron chi connectivity index (χ2n) is 6.94. The number of aromatic nitrogens is 2. The van der Waals surface area contributed by atoms with E-state index in [0.29, 0.717) is 29.7 Å². The van der Waals surface area contributed by atoms with Gasteiger partial charge in [-0.1, -0.05) is 41.4 Å². The van der Waals surface area contributed by atoms with Gasteiger partial charge in [0.15, 0.2) is 11.5 Å². The Hall–Kier alpha value is -2.50. The van der Waals surface area contributed by atoms with Gasteiger partial charge in [0, 0.05) is 25.5 Å². The van der Waals surface area contributed by atoms with Gasteiger partial charge in [0.05, 0.1) is 18.0 Å². The lowest BCUT2D eigenvalue weighted by Crippen LogP contribution is -2.16. The van der Waals surface area contributed by atoms with E-state index in [1.165, 1.54) is 5.56 Å². The van der Waals surface area contributed by atoms with E-state index in [0.717, 1.165) is 37.2 Å². The van der Waals surface area contributed by atoms with Gasteiger partial charge in [-0.05, 0) is 50.1 Å². The molecular weight excluding hydrogens is 386 g/mol. The highest BCUT2D eigenvalue weighted by molar-refractivity contribution is 6.32. The molecule has 29 heavy (non-hydrogen) atoms. The summed E-state index contributed by atoms with van der Waals surface area (Å²) in [5, 5.41) is 4.02.